The second-order valence-electron chi connectivity index (χ2n) is 7.13. The van der Waals surface area contributed by atoms with Gasteiger partial charge in [-0.15, -0.1) is 0 Å². The summed E-state index contributed by atoms with van der Waals surface area (Å²) >= 11 is 0. The van der Waals surface area contributed by atoms with E-state index in [-0.39, 0.29) is 25.4 Å². The summed E-state index contributed by atoms with van der Waals surface area (Å²) in [6.45, 7) is 1.75. The van der Waals surface area contributed by atoms with Crippen molar-refractivity contribution < 1.29 is 42.0 Å². The number of alkyl halides is 3. The molecule has 2 unspecified atom stereocenters. The fourth-order valence-electron chi connectivity index (χ4n) is 3.17. The van der Waals surface area contributed by atoms with Crippen LogP contribution in [-0.4, -0.2) is 55.9 Å². The summed E-state index contributed by atoms with van der Waals surface area (Å²) in [6.07, 6.45) is -5.11. The van der Waals surface area contributed by atoms with E-state index in [0.717, 1.165) is 24.3 Å². The van der Waals surface area contributed by atoms with Crippen LogP contribution in [0.15, 0.2) is 48.5 Å². The molecule has 2 aromatic rings. The number of hydrogen-bond acceptors (Lipinski definition) is 5. The molecule has 2 aliphatic rings. The summed E-state index contributed by atoms with van der Waals surface area (Å²) in [7, 11) is 0. The summed E-state index contributed by atoms with van der Waals surface area (Å²) in [5.74, 6) is -1.35. The van der Waals surface area contributed by atoms with E-state index >= 15 is 0 Å². The first-order valence-corrected chi connectivity index (χ1v) is 9.30. The smallest absolute Gasteiger partial charge is 0.412 e. The predicted molar refractivity (Wildman–Crippen MR) is 97.8 cm³/mol. The van der Waals surface area contributed by atoms with E-state index in [1.54, 1.807) is 0 Å². The van der Waals surface area contributed by atoms with Crippen molar-refractivity contribution in [1.82, 2.24) is 0 Å². The number of carboxylic acids is 1. The molecule has 30 heavy (non-hydrogen) atoms. The van der Waals surface area contributed by atoms with Crippen molar-refractivity contribution >= 4 is 5.97 Å². The van der Waals surface area contributed by atoms with E-state index in [1.807, 2.05) is 0 Å². The Morgan fingerprint density at radius 1 is 0.867 bits per heavy atom. The Hall–Kier alpha value is -2.78. The second-order valence-corrected chi connectivity index (χ2v) is 7.13. The molecular weight excluding hydrogens is 405 g/mol. The van der Waals surface area contributed by atoms with Gasteiger partial charge in [-0.2, -0.15) is 13.2 Å². The topological polar surface area (TPSA) is 80.8 Å². The van der Waals surface area contributed by atoms with Gasteiger partial charge in [-0.1, -0.05) is 24.3 Å². The number of carbonyl (C=O) groups is 1. The van der Waals surface area contributed by atoms with Gasteiger partial charge in [0.1, 0.15) is 36.9 Å². The zero-order valence-electron chi connectivity index (χ0n) is 15.7. The number of aliphatic carboxylic acids is 1. The Morgan fingerprint density at radius 3 is 1.50 bits per heavy atom. The molecule has 0 aliphatic carbocycles. The first-order chi connectivity index (χ1) is 14.3. The van der Waals surface area contributed by atoms with Crippen LogP contribution in [0.25, 0.3) is 0 Å². The second kappa shape index (κ2) is 7.81. The lowest BCUT2D eigenvalue weighted by atomic mass is 9.73. The Kier molecular flexibility index (Phi) is 5.33. The average Bonchev–Trinajstić information content (AvgIpc) is 3.61. The minimum Gasteiger partial charge on any atom is -0.491 e. The van der Waals surface area contributed by atoms with Crippen molar-refractivity contribution in [2.24, 2.45) is 0 Å². The van der Waals surface area contributed by atoms with Gasteiger partial charge in [-0.25, -0.2) is 0 Å². The monoisotopic (exact) mass is 424 g/mol. The highest BCUT2D eigenvalue weighted by Crippen LogP contribution is 2.47. The summed E-state index contributed by atoms with van der Waals surface area (Å²) in [6, 6.07) is 9.81. The molecule has 0 bridgehead atoms. The number of benzene rings is 2. The van der Waals surface area contributed by atoms with E-state index in [1.165, 1.54) is 24.3 Å². The molecule has 2 aromatic carbocycles. The standard InChI is InChI=1S/C21H19F3O6/c22-21(23,24)20(19(25)26,13-1-5-15(6-2-13)27-9-17-11-29-17)14-3-7-16(8-4-14)28-10-18-12-30-18/h1-8,17-18H,9-12H2,(H,25,26). The molecule has 9 heteroatoms. The van der Waals surface area contributed by atoms with Gasteiger partial charge in [0.05, 0.1) is 13.2 Å². The molecule has 0 saturated carbocycles. The number of halogens is 3. The molecule has 1 N–H and O–H groups in total. The zero-order chi connectivity index (χ0) is 21.4. The van der Waals surface area contributed by atoms with Crippen LogP contribution in [0.3, 0.4) is 0 Å². The number of ether oxygens (including phenoxy) is 4. The van der Waals surface area contributed by atoms with E-state index in [9.17, 15) is 23.1 Å². The summed E-state index contributed by atoms with van der Waals surface area (Å²) in [5.41, 5.74) is -4.07. The fourth-order valence-corrected chi connectivity index (χ4v) is 3.17. The highest BCUT2D eigenvalue weighted by atomic mass is 19.4. The van der Waals surface area contributed by atoms with Crippen molar-refractivity contribution in [3.63, 3.8) is 0 Å². The first kappa shape index (κ1) is 20.5. The summed E-state index contributed by atoms with van der Waals surface area (Å²) in [4.78, 5) is 12.1. The van der Waals surface area contributed by atoms with Gasteiger partial charge in [0.25, 0.3) is 0 Å². The summed E-state index contributed by atoms with van der Waals surface area (Å²) in [5, 5.41) is 9.76. The maximum absolute atomic E-state index is 14.2. The van der Waals surface area contributed by atoms with Crippen LogP contribution < -0.4 is 9.47 Å². The first-order valence-electron chi connectivity index (χ1n) is 9.30. The van der Waals surface area contributed by atoms with Gasteiger partial charge in [0, 0.05) is 0 Å². The van der Waals surface area contributed by atoms with Crippen LogP contribution in [0.1, 0.15) is 11.1 Å². The molecule has 2 fully saturated rings. The van der Waals surface area contributed by atoms with Gasteiger partial charge in [0.15, 0.2) is 0 Å². The van der Waals surface area contributed by atoms with Crippen molar-refractivity contribution in [2.45, 2.75) is 23.8 Å². The van der Waals surface area contributed by atoms with Crippen LogP contribution in [0.2, 0.25) is 0 Å². The molecule has 0 aromatic heterocycles. The summed E-state index contributed by atoms with van der Waals surface area (Å²) < 4.78 is 63.6. The molecule has 2 aliphatic heterocycles. The van der Waals surface area contributed by atoms with Crippen molar-refractivity contribution in [3.05, 3.63) is 59.7 Å². The third-order valence-electron chi connectivity index (χ3n) is 5.00. The van der Waals surface area contributed by atoms with Crippen molar-refractivity contribution in [1.29, 1.82) is 0 Å². The Bertz CT molecular complexity index is 827. The number of rotatable bonds is 9. The maximum Gasteiger partial charge on any atom is 0.412 e. The van der Waals surface area contributed by atoms with E-state index in [2.05, 4.69) is 0 Å². The molecule has 2 saturated heterocycles. The quantitative estimate of drug-likeness (QED) is 0.623. The average molecular weight is 424 g/mol. The molecule has 4 rings (SSSR count). The molecule has 0 spiro atoms. The lowest BCUT2D eigenvalue weighted by Gasteiger charge is -2.33. The van der Waals surface area contributed by atoms with Crippen LogP contribution in [0.5, 0.6) is 11.5 Å². The maximum atomic E-state index is 14.2. The molecule has 160 valence electrons. The van der Waals surface area contributed by atoms with Crippen LogP contribution in [0, 0.1) is 0 Å². The highest BCUT2D eigenvalue weighted by molar-refractivity contribution is 5.87. The Balaban J connectivity index is 1.64. The van der Waals surface area contributed by atoms with Gasteiger partial charge in [0.2, 0.25) is 5.41 Å². The number of hydrogen-bond donors (Lipinski definition) is 1. The largest absolute Gasteiger partial charge is 0.491 e. The van der Waals surface area contributed by atoms with Crippen molar-refractivity contribution in [3.8, 4) is 11.5 Å². The zero-order valence-corrected chi connectivity index (χ0v) is 15.7. The van der Waals surface area contributed by atoms with E-state index in [4.69, 9.17) is 18.9 Å². The highest BCUT2D eigenvalue weighted by Gasteiger charge is 2.63. The molecule has 0 amide bonds. The van der Waals surface area contributed by atoms with Gasteiger partial charge in [-0.05, 0) is 35.4 Å². The van der Waals surface area contributed by atoms with Gasteiger partial charge >= 0.3 is 12.1 Å². The fraction of sp³-hybridized carbons (Fsp3) is 0.381. The third kappa shape index (κ3) is 4.08. The number of epoxide rings is 2. The Labute approximate surface area is 170 Å². The molecule has 6 nitrogen and oxygen atoms in total. The van der Waals surface area contributed by atoms with Crippen molar-refractivity contribution in [2.75, 3.05) is 26.4 Å². The van der Waals surface area contributed by atoms with Gasteiger partial charge < -0.3 is 24.1 Å². The Morgan fingerprint density at radius 2 is 1.23 bits per heavy atom. The van der Waals surface area contributed by atoms with Crippen LogP contribution >= 0.6 is 0 Å². The van der Waals surface area contributed by atoms with E-state index < -0.39 is 28.7 Å². The van der Waals surface area contributed by atoms with Crippen LogP contribution in [0.4, 0.5) is 13.2 Å². The molecule has 2 heterocycles. The predicted octanol–water partition coefficient (Wildman–Crippen LogP) is 3.17. The number of carboxylic acid groups (broad SMARTS) is 1. The van der Waals surface area contributed by atoms with Crippen LogP contribution in [-0.2, 0) is 19.7 Å². The molecule has 0 radical (unpaired) electrons. The molecular formula is C21H19F3O6. The minimum atomic E-state index is -5.09. The van der Waals surface area contributed by atoms with E-state index in [0.29, 0.717) is 24.7 Å². The minimum absolute atomic E-state index is 0.00910. The van der Waals surface area contributed by atoms with Gasteiger partial charge in [-0.3, -0.25) is 4.79 Å². The lowest BCUT2D eigenvalue weighted by Crippen LogP contribution is -2.50. The molecule has 2 atom stereocenters. The lowest BCUT2D eigenvalue weighted by molar-refractivity contribution is -0.196. The SMILES string of the molecule is O=C(O)C(c1ccc(OCC2CO2)cc1)(c1ccc(OCC2CO2)cc1)C(F)(F)F. The normalized spacial score (nSPS) is 22.1. The third-order valence-corrected chi connectivity index (χ3v) is 5.00.